The number of esters is 1. The molecule has 0 spiro atoms. The topological polar surface area (TPSA) is 82.1 Å². The lowest BCUT2D eigenvalue weighted by atomic mass is 10.0. The third-order valence-electron chi connectivity index (χ3n) is 3.16. The van der Waals surface area contributed by atoms with Gasteiger partial charge in [-0.3, -0.25) is 0 Å². The van der Waals surface area contributed by atoms with E-state index in [0.29, 0.717) is 0 Å². The van der Waals surface area contributed by atoms with Gasteiger partial charge in [-0.1, -0.05) is 13.3 Å². The molecule has 28 heavy (non-hydrogen) atoms. The highest BCUT2D eigenvalue weighted by Crippen LogP contribution is 2.30. The highest BCUT2D eigenvalue weighted by molar-refractivity contribution is 5.94. The van der Waals surface area contributed by atoms with E-state index in [0.717, 1.165) is 0 Å². The average Bonchev–Trinajstić information content (AvgIpc) is 2.42. The van der Waals surface area contributed by atoms with E-state index in [1.165, 1.54) is 6.92 Å². The van der Waals surface area contributed by atoms with E-state index in [2.05, 4.69) is 0 Å². The molecule has 0 saturated heterocycles. The Hall–Kier alpha value is -1.93. The molecule has 0 fully saturated rings. The Bertz CT molecular complexity index is 524. The first kappa shape index (κ1) is 26.1. The lowest BCUT2D eigenvalue weighted by molar-refractivity contribution is -0.153. The number of ether oxygens (including phenoxy) is 3. The van der Waals surface area contributed by atoms with Crippen LogP contribution in [-0.4, -0.2) is 52.8 Å². The highest BCUT2D eigenvalue weighted by atomic mass is 19.3. The molecule has 164 valence electrons. The number of carbonyl (C=O) groups is 3. The maximum Gasteiger partial charge on any atom is 0.420 e. The number of nitrogens with zero attached hydrogens (tertiary/aromatic N) is 1. The standard InChI is InChI=1S/C19H33F2NO6/c1-9-11-19(20,21)12-13(14(23)26-10-2)22(15(24)27-17(3,4)5)16(25)28-18(6,7)8/h13H,9-12H2,1-8H3/t13-/m0/s1. The smallest absolute Gasteiger partial charge is 0.420 e. The molecule has 0 aliphatic carbocycles. The van der Waals surface area contributed by atoms with Gasteiger partial charge in [-0.05, 0) is 48.5 Å². The largest absolute Gasteiger partial charge is 0.464 e. The molecule has 7 nitrogen and oxygen atoms in total. The van der Waals surface area contributed by atoms with Crippen LogP contribution in [0.1, 0.15) is 74.7 Å². The molecule has 0 unspecified atom stereocenters. The van der Waals surface area contributed by atoms with Gasteiger partial charge in [0.15, 0.2) is 0 Å². The van der Waals surface area contributed by atoms with E-state index in [4.69, 9.17) is 14.2 Å². The summed E-state index contributed by atoms with van der Waals surface area (Å²) in [5, 5.41) is 0. The summed E-state index contributed by atoms with van der Waals surface area (Å²) in [5.41, 5.74) is -2.05. The lowest BCUT2D eigenvalue weighted by Crippen LogP contribution is -2.54. The molecule has 0 rings (SSSR count). The van der Waals surface area contributed by atoms with E-state index in [1.807, 2.05) is 0 Å². The summed E-state index contributed by atoms with van der Waals surface area (Å²) in [6.07, 6.45) is -3.96. The summed E-state index contributed by atoms with van der Waals surface area (Å²) < 4.78 is 43.7. The number of rotatable bonds is 7. The van der Waals surface area contributed by atoms with Gasteiger partial charge in [-0.15, -0.1) is 0 Å². The Morgan fingerprint density at radius 3 is 1.64 bits per heavy atom. The van der Waals surface area contributed by atoms with Gasteiger partial charge in [0.2, 0.25) is 0 Å². The SMILES string of the molecule is CCCC(F)(F)C[C@@H](C(=O)OCC)N(C(=O)OC(C)(C)C)C(=O)OC(C)(C)C. The molecule has 2 amide bonds. The van der Waals surface area contributed by atoms with Crippen LogP contribution in [0.2, 0.25) is 0 Å². The van der Waals surface area contributed by atoms with Crippen LogP contribution >= 0.6 is 0 Å². The number of imide groups is 1. The third kappa shape index (κ3) is 9.85. The first-order valence-corrected chi connectivity index (χ1v) is 9.32. The highest BCUT2D eigenvalue weighted by Gasteiger charge is 2.46. The van der Waals surface area contributed by atoms with Crippen LogP contribution < -0.4 is 0 Å². The van der Waals surface area contributed by atoms with Gasteiger partial charge >= 0.3 is 18.2 Å². The first-order chi connectivity index (χ1) is 12.5. The number of amides is 2. The Balaban J connectivity index is 6.07. The van der Waals surface area contributed by atoms with Crippen molar-refractivity contribution in [3.63, 3.8) is 0 Å². The van der Waals surface area contributed by atoms with Crippen molar-refractivity contribution in [1.82, 2.24) is 4.90 Å². The predicted octanol–water partition coefficient (Wildman–Crippen LogP) is 4.92. The van der Waals surface area contributed by atoms with Gasteiger partial charge in [0.25, 0.3) is 5.92 Å². The fourth-order valence-electron chi connectivity index (χ4n) is 2.22. The van der Waals surface area contributed by atoms with Gasteiger partial charge in [0.05, 0.1) is 6.61 Å². The summed E-state index contributed by atoms with van der Waals surface area (Å²) in [6.45, 7) is 12.2. The molecular weight excluding hydrogens is 376 g/mol. The molecule has 0 heterocycles. The minimum atomic E-state index is -3.30. The van der Waals surface area contributed by atoms with Crippen LogP contribution in [0.25, 0.3) is 0 Å². The number of alkyl halides is 2. The summed E-state index contributed by atoms with van der Waals surface area (Å²) >= 11 is 0. The summed E-state index contributed by atoms with van der Waals surface area (Å²) in [4.78, 5) is 37.9. The molecule has 0 aliphatic rings. The summed E-state index contributed by atoms with van der Waals surface area (Å²) in [7, 11) is 0. The number of carbonyl (C=O) groups excluding carboxylic acids is 3. The van der Waals surface area contributed by atoms with Gasteiger partial charge in [0.1, 0.15) is 17.2 Å². The molecule has 0 aliphatic heterocycles. The number of hydrogen-bond donors (Lipinski definition) is 0. The Morgan fingerprint density at radius 1 is 0.893 bits per heavy atom. The second kappa shape index (κ2) is 10.0. The van der Waals surface area contributed by atoms with Gasteiger partial charge in [0, 0.05) is 12.8 Å². The zero-order valence-corrected chi connectivity index (χ0v) is 18.1. The number of hydrogen-bond acceptors (Lipinski definition) is 6. The van der Waals surface area contributed by atoms with Crippen molar-refractivity contribution >= 4 is 18.2 Å². The van der Waals surface area contributed by atoms with Crippen molar-refractivity contribution in [2.45, 2.75) is 97.8 Å². The fourth-order valence-corrected chi connectivity index (χ4v) is 2.22. The third-order valence-corrected chi connectivity index (χ3v) is 3.16. The van der Waals surface area contributed by atoms with Crippen molar-refractivity contribution in [3.05, 3.63) is 0 Å². The molecule has 0 N–H and O–H groups in total. The monoisotopic (exact) mass is 409 g/mol. The summed E-state index contributed by atoms with van der Waals surface area (Å²) in [5.74, 6) is -4.43. The van der Waals surface area contributed by atoms with E-state index in [9.17, 15) is 23.2 Å². The maximum atomic E-state index is 14.3. The minimum Gasteiger partial charge on any atom is -0.464 e. The maximum absolute atomic E-state index is 14.3. The zero-order chi connectivity index (χ0) is 22.3. The van der Waals surface area contributed by atoms with Crippen LogP contribution in [0.15, 0.2) is 0 Å². The van der Waals surface area contributed by atoms with Gasteiger partial charge in [-0.25, -0.2) is 23.2 Å². The molecule has 0 saturated carbocycles. The van der Waals surface area contributed by atoms with Crippen molar-refractivity contribution < 1.29 is 37.4 Å². The van der Waals surface area contributed by atoms with E-state index < -0.39 is 54.2 Å². The van der Waals surface area contributed by atoms with Crippen LogP contribution in [-0.2, 0) is 19.0 Å². The van der Waals surface area contributed by atoms with Crippen molar-refractivity contribution in [1.29, 1.82) is 0 Å². The van der Waals surface area contributed by atoms with Gasteiger partial charge in [-0.2, -0.15) is 4.90 Å². The Morgan fingerprint density at radius 2 is 1.32 bits per heavy atom. The Kier molecular flexibility index (Phi) is 9.33. The molecule has 0 aromatic carbocycles. The second-order valence-corrected chi connectivity index (χ2v) is 8.41. The molecule has 0 radical (unpaired) electrons. The lowest BCUT2D eigenvalue weighted by Gasteiger charge is -2.33. The average molecular weight is 409 g/mol. The van der Waals surface area contributed by atoms with Crippen LogP contribution in [0.4, 0.5) is 18.4 Å². The second-order valence-electron chi connectivity index (χ2n) is 8.41. The quantitative estimate of drug-likeness (QED) is 0.439. The first-order valence-electron chi connectivity index (χ1n) is 9.32. The molecule has 1 atom stereocenters. The van der Waals surface area contributed by atoms with E-state index >= 15 is 0 Å². The zero-order valence-electron chi connectivity index (χ0n) is 18.1. The Labute approximate surface area is 165 Å². The van der Waals surface area contributed by atoms with E-state index in [1.54, 1.807) is 48.5 Å². The molecular formula is C19H33F2NO6. The van der Waals surface area contributed by atoms with Crippen molar-refractivity contribution in [3.8, 4) is 0 Å². The fraction of sp³-hybridized carbons (Fsp3) is 0.842. The molecule has 0 aromatic rings. The van der Waals surface area contributed by atoms with Crippen molar-refractivity contribution in [2.75, 3.05) is 6.61 Å². The van der Waals surface area contributed by atoms with Crippen LogP contribution in [0, 0.1) is 0 Å². The number of halogens is 2. The predicted molar refractivity (Wildman–Crippen MR) is 99.2 cm³/mol. The molecule has 0 bridgehead atoms. The normalized spacial score (nSPS) is 13.5. The van der Waals surface area contributed by atoms with Crippen molar-refractivity contribution in [2.24, 2.45) is 0 Å². The molecule has 9 heteroatoms. The van der Waals surface area contributed by atoms with Crippen LogP contribution in [0.3, 0.4) is 0 Å². The van der Waals surface area contributed by atoms with E-state index in [-0.39, 0.29) is 17.9 Å². The van der Waals surface area contributed by atoms with Crippen LogP contribution in [0.5, 0.6) is 0 Å². The molecule has 0 aromatic heterocycles. The summed E-state index contributed by atoms with van der Waals surface area (Å²) in [6, 6.07) is -1.88. The van der Waals surface area contributed by atoms with Gasteiger partial charge < -0.3 is 14.2 Å². The minimum absolute atomic E-state index is 0.106.